The molecule has 1 heteroatoms. The third-order valence-corrected chi connectivity index (χ3v) is 4.29. The molecule has 1 aromatic carbocycles. The molecule has 0 aliphatic heterocycles. The molecule has 1 aromatic rings. The Kier molecular flexibility index (Phi) is 4.22. The number of hydrogen-bond donors (Lipinski definition) is 1. The Balaban J connectivity index is 2.35. The van der Waals surface area contributed by atoms with Crippen LogP contribution in [0.4, 0.5) is 0 Å². The van der Waals surface area contributed by atoms with Crippen molar-refractivity contribution < 1.29 is 0 Å². The number of likely N-dealkylation sites (N-methyl/N-ethyl adjacent to an activating group) is 1. The van der Waals surface area contributed by atoms with Crippen molar-refractivity contribution in [1.29, 1.82) is 0 Å². The summed E-state index contributed by atoms with van der Waals surface area (Å²) in [5, 5.41) is 3.43. The minimum Gasteiger partial charge on any atom is -0.319 e. The van der Waals surface area contributed by atoms with Crippen LogP contribution in [-0.4, -0.2) is 13.6 Å². The highest BCUT2D eigenvalue weighted by Gasteiger charge is 2.32. The van der Waals surface area contributed by atoms with Gasteiger partial charge in [0.25, 0.3) is 0 Å². The molecule has 1 nitrogen and oxygen atoms in total. The van der Waals surface area contributed by atoms with Crippen molar-refractivity contribution >= 4 is 0 Å². The van der Waals surface area contributed by atoms with E-state index < -0.39 is 0 Å². The summed E-state index contributed by atoms with van der Waals surface area (Å²) < 4.78 is 0. The largest absolute Gasteiger partial charge is 0.319 e. The van der Waals surface area contributed by atoms with Crippen LogP contribution < -0.4 is 5.32 Å². The van der Waals surface area contributed by atoms with E-state index in [1.54, 1.807) is 5.56 Å². The summed E-state index contributed by atoms with van der Waals surface area (Å²) in [6.45, 7) is 3.38. The predicted octanol–water partition coefficient (Wildman–Crippen LogP) is 3.81. The molecule has 1 N–H and O–H groups in total. The van der Waals surface area contributed by atoms with Gasteiger partial charge in [-0.15, -0.1) is 0 Å². The molecule has 0 heterocycles. The van der Waals surface area contributed by atoms with Crippen molar-refractivity contribution in [2.45, 2.75) is 50.9 Å². The van der Waals surface area contributed by atoms with Crippen LogP contribution in [0, 0.1) is 6.92 Å². The lowest BCUT2D eigenvalue weighted by molar-refractivity contribution is 0.356. The lowest BCUT2D eigenvalue weighted by atomic mass is 9.72. The molecule has 0 atom stereocenters. The maximum absolute atomic E-state index is 3.43. The number of rotatable bonds is 3. The van der Waals surface area contributed by atoms with Gasteiger partial charge >= 0.3 is 0 Å². The minimum absolute atomic E-state index is 0.386. The highest BCUT2D eigenvalue weighted by molar-refractivity contribution is 5.34. The van der Waals surface area contributed by atoms with E-state index in [9.17, 15) is 0 Å². The Morgan fingerprint density at radius 3 is 2.29 bits per heavy atom. The molecule has 0 spiro atoms. The standard InChI is InChI=1S/C16H25N/c1-14-9-5-6-10-15(14)16(13-17-2)11-7-3-4-8-12-16/h5-6,9-10,17H,3-4,7-8,11-13H2,1-2H3. The summed E-state index contributed by atoms with van der Waals surface area (Å²) in [5.74, 6) is 0. The topological polar surface area (TPSA) is 12.0 Å². The van der Waals surface area contributed by atoms with Crippen molar-refractivity contribution in [2.24, 2.45) is 0 Å². The molecule has 1 saturated carbocycles. The molecular formula is C16H25N. The first-order valence-electron chi connectivity index (χ1n) is 6.99. The quantitative estimate of drug-likeness (QED) is 0.780. The molecule has 0 radical (unpaired) electrons. The Bertz CT molecular complexity index is 348. The van der Waals surface area contributed by atoms with Crippen LogP contribution in [0.2, 0.25) is 0 Å². The minimum atomic E-state index is 0.386. The van der Waals surface area contributed by atoms with Gasteiger partial charge in [-0.05, 0) is 37.9 Å². The van der Waals surface area contributed by atoms with E-state index in [-0.39, 0.29) is 0 Å². The van der Waals surface area contributed by atoms with Gasteiger partial charge in [0.15, 0.2) is 0 Å². The first-order chi connectivity index (χ1) is 8.28. The summed E-state index contributed by atoms with van der Waals surface area (Å²) in [5.41, 5.74) is 3.43. The zero-order valence-electron chi connectivity index (χ0n) is 11.3. The van der Waals surface area contributed by atoms with Gasteiger partial charge in [0, 0.05) is 12.0 Å². The third-order valence-electron chi connectivity index (χ3n) is 4.29. The lowest BCUT2D eigenvalue weighted by Crippen LogP contribution is -2.37. The van der Waals surface area contributed by atoms with Crippen LogP contribution in [0.5, 0.6) is 0 Å². The Labute approximate surface area is 106 Å². The van der Waals surface area contributed by atoms with Crippen molar-refractivity contribution in [1.82, 2.24) is 5.32 Å². The van der Waals surface area contributed by atoms with Crippen molar-refractivity contribution in [3.05, 3.63) is 35.4 Å². The molecule has 17 heavy (non-hydrogen) atoms. The van der Waals surface area contributed by atoms with Gasteiger partial charge in [-0.25, -0.2) is 0 Å². The SMILES string of the molecule is CNCC1(c2ccccc2C)CCCCCC1. The highest BCUT2D eigenvalue weighted by Crippen LogP contribution is 2.39. The number of benzene rings is 1. The zero-order chi connectivity index (χ0) is 12.1. The van der Waals surface area contributed by atoms with Gasteiger partial charge in [0.2, 0.25) is 0 Å². The van der Waals surface area contributed by atoms with E-state index in [1.807, 2.05) is 0 Å². The smallest absolute Gasteiger partial charge is 0.00802 e. The predicted molar refractivity (Wildman–Crippen MR) is 74.5 cm³/mol. The number of hydrogen-bond acceptors (Lipinski definition) is 1. The van der Waals surface area contributed by atoms with E-state index in [4.69, 9.17) is 0 Å². The number of nitrogens with one attached hydrogen (secondary N) is 1. The maximum atomic E-state index is 3.43. The Morgan fingerprint density at radius 1 is 1.06 bits per heavy atom. The van der Waals surface area contributed by atoms with Gasteiger partial charge in [-0.3, -0.25) is 0 Å². The molecule has 2 rings (SSSR count). The molecular weight excluding hydrogens is 206 g/mol. The summed E-state index contributed by atoms with van der Waals surface area (Å²) in [4.78, 5) is 0. The van der Waals surface area contributed by atoms with Crippen LogP contribution in [0.25, 0.3) is 0 Å². The monoisotopic (exact) mass is 231 g/mol. The fraction of sp³-hybridized carbons (Fsp3) is 0.625. The molecule has 94 valence electrons. The summed E-state index contributed by atoms with van der Waals surface area (Å²) in [6, 6.07) is 8.96. The van der Waals surface area contributed by atoms with Gasteiger partial charge in [0.1, 0.15) is 0 Å². The van der Waals surface area contributed by atoms with Gasteiger partial charge < -0.3 is 5.32 Å². The molecule has 0 unspecified atom stereocenters. The van der Waals surface area contributed by atoms with Crippen LogP contribution >= 0.6 is 0 Å². The first-order valence-corrected chi connectivity index (χ1v) is 6.99. The molecule has 1 aliphatic rings. The second-order valence-corrected chi connectivity index (χ2v) is 5.54. The van der Waals surface area contributed by atoms with Crippen LogP contribution in [0.3, 0.4) is 0 Å². The van der Waals surface area contributed by atoms with Crippen LogP contribution in [0.15, 0.2) is 24.3 Å². The normalized spacial score (nSPS) is 19.9. The molecule has 0 aromatic heterocycles. The van der Waals surface area contributed by atoms with Crippen molar-refractivity contribution in [2.75, 3.05) is 13.6 Å². The first kappa shape index (κ1) is 12.6. The Morgan fingerprint density at radius 2 is 1.71 bits per heavy atom. The molecule has 0 saturated heterocycles. The Hall–Kier alpha value is -0.820. The zero-order valence-corrected chi connectivity index (χ0v) is 11.3. The number of aryl methyl sites for hydroxylation is 1. The van der Waals surface area contributed by atoms with E-state index in [1.165, 1.54) is 44.1 Å². The molecule has 1 fully saturated rings. The van der Waals surface area contributed by atoms with Crippen LogP contribution in [0.1, 0.15) is 49.7 Å². The summed E-state index contributed by atoms with van der Waals surface area (Å²) in [7, 11) is 2.09. The van der Waals surface area contributed by atoms with E-state index >= 15 is 0 Å². The third kappa shape index (κ3) is 2.71. The summed E-state index contributed by atoms with van der Waals surface area (Å²) in [6.07, 6.45) is 8.29. The van der Waals surface area contributed by atoms with Gasteiger partial charge in [-0.2, -0.15) is 0 Å². The van der Waals surface area contributed by atoms with Crippen molar-refractivity contribution in [3.8, 4) is 0 Å². The van der Waals surface area contributed by atoms with Gasteiger partial charge in [0.05, 0.1) is 0 Å². The van der Waals surface area contributed by atoms with Crippen molar-refractivity contribution in [3.63, 3.8) is 0 Å². The van der Waals surface area contributed by atoms with E-state index in [2.05, 4.69) is 43.6 Å². The average Bonchev–Trinajstić information content (AvgIpc) is 2.57. The van der Waals surface area contributed by atoms with E-state index in [0.29, 0.717) is 5.41 Å². The fourth-order valence-corrected chi connectivity index (χ4v) is 3.45. The average molecular weight is 231 g/mol. The highest BCUT2D eigenvalue weighted by atomic mass is 14.8. The molecule has 0 bridgehead atoms. The van der Waals surface area contributed by atoms with E-state index in [0.717, 1.165) is 6.54 Å². The second kappa shape index (κ2) is 5.68. The summed E-state index contributed by atoms with van der Waals surface area (Å²) >= 11 is 0. The second-order valence-electron chi connectivity index (χ2n) is 5.54. The molecule has 1 aliphatic carbocycles. The lowest BCUT2D eigenvalue weighted by Gasteiger charge is -2.34. The molecule has 0 amide bonds. The fourth-order valence-electron chi connectivity index (χ4n) is 3.45. The van der Waals surface area contributed by atoms with Gasteiger partial charge in [-0.1, -0.05) is 49.9 Å². The maximum Gasteiger partial charge on any atom is 0.00802 e. The van der Waals surface area contributed by atoms with Crippen LogP contribution in [-0.2, 0) is 5.41 Å².